The fourth-order valence-corrected chi connectivity index (χ4v) is 5.91. The molecule has 232 valence electrons. The molecule has 0 saturated heterocycles. The lowest BCUT2D eigenvalue weighted by Gasteiger charge is -2.18. The van der Waals surface area contributed by atoms with E-state index in [1.54, 1.807) is 12.3 Å². The van der Waals surface area contributed by atoms with Gasteiger partial charge in [0, 0.05) is 10.6 Å². The number of ether oxygens (including phenoxy) is 3. The van der Waals surface area contributed by atoms with E-state index in [1.165, 1.54) is 4.68 Å². The third-order valence-electron chi connectivity index (χ3n) is 7.22. The van der Waals surface area contributed by atoms with Crippen LogP contribution in [0.1, 0.15) is 55.9 Å². The van der Waals surface area contributed by atoms with Gasteiger partial charge in [0.1, 0.15) is 12.4 Å². The van der Waals surface area contributed by atoms with Crippen LogP contribution in [-0.2, 0) is 6.61 Å². The third-order valence-corrected chi connectivity index (χ3v) is 8.28. The van der Waals surface area contributed by atoms with Crippen LogP contribution in [0.15, 0.2) is 82.7 Å². The number of aromatic nitrogens is 2. The lowest BCUT2D eigenvalue weighted by Crippen LogP contribution is -2.21. The molecule has 5 aromatic rings. The fourth-order valence-electron chi connectivity index (χ4n) is 5.00. The lowest BCUT2D eigenvalue weighted by atomic mass is 9.96. The van der Waals surface area contributed by atoms with E-state index in [0.717, 1.165) is 37.1 Å². The molecule has 0 bridgehead atoms. The van der Waals surface area contributed by atoms with Crippen molar-refractivity contribution in [1.82, 2.24) is 9.66 Å². The van der Waals surface area contributed by atoms with E-state index < -0.39 is 0 Å². The molecule has 0 aliphatic carbocycles. The highest BCUT2D eigenvalue weighted by atomic mass is 127. The van der Waals surface area contributed by atoms with Gasteiger partial charge in [-0.3, -0.25) is 4.79 Å². The zero-order valence-corrected chi connectivity index (χ0v) is 28.8. The van der Waals surface area contributed by atoms with Crippen LogP contribution in [0, 0.1) is 10.5 Å². The van der Waals surface area contributed by atoms with Crippen LogP contribution in [0.2, 0.25) is 5.02 Å². The molecule has 1 aromatic heterocycles. The quantitative estimate of drug-likeness (QED) is 0.100. The van der Waals surface area contributed by atoms with Crippen LogP contribution < -0.4 is 19.8 Å². The standard InChI is InChI=1S/C36H35ClIN3O4/c1-6-43-32-16-23(5)29(19-28(32)22(3)4)35-40-31-11-9-8-10-27(31)36(42)41(35)39-20-25-17-30(38)34(33(18-25)44-7-2)45-21-24-12-14-26(37)15-13-24/h8-20,22H,6-7,21H2,1-5H3. The lowest BCUT2D eigenvalue weighted by molar-refractivity contribution is 0.267. The van der Waals surface area contributed by atoms with Gasteiger partial charge in [-0.15, -0.1) is 0 Å². The first-order valence-corrected chi connectivity index (χ1v) is 16.3. The van der Waals surface area contributed by atoms with Gasteiger partial charge in [-0.25, -0.2) is 4.98 Å². The van der Waals surface area contributed by atoms with Crippen molar-refractivity contribution in [2.24, 2.45) is 5.10 Å². The Morgan fingerprint density at radius 3 is 2.38 bits per heavy atom. The van der Waals surface area contributed by atoms with Crippen molar-refractivity contribution in [2.45, 2.75) is 47.1 Å². The summed E-state index contributed by atoms with van der Waals surface area (Å²) >= 11 is 8.27. The zero-order valence-electron chi connectivity index (χ0n) is 25.9. The largest absolute Gasteiger partial charge is 0.494 e. The van der Waals surface area contributed by atoms with E-state index in [9.17, 15) is 4.79 Å². The maximum atomic E-state index is 13.9. The van der Waals surface area contributed by atoms with Gasteiger partial charge >= 0.3 is 0 Å². The van der Waals surface area contributed by atoms with Crippen molar-refractivity contribution in [3.8, 4) is 28.6 Å². The Kier molecular flexibility index (Phi) is 10.5. The van der Waals surface area contributed by atoms with Gasteiger partial charge in [-0.05, 0) is 120 Å². The summed E-state index contributed by atoms with van der Waals surface area (Å²) in [5.41, 5.74) is 4.89. The SMILES string of the molecule is CCOc1cc(C)c(-c2nc3ccccc3c(=O)n2N=Cc2cc(I)c(OCc3ccc(Cl)cc3)c(OCC)c2)cc1C(C)C. The fraction of sp³-hybridized carbons (Fsp3) is 0.250. The van der Waals surface area contributed by atoms with E-state index in [4.69, 9.17) is 35.9 Å². The van der Waals surface area contributed by atoms with E-state index in [-0.39, 0.29) is 11.5 Å². The maximum absolute atomic E-state index is 13.9. The minimum absolute atomic E-state index is 0.203. The zero-order chi connectivity index (χ0) is 32.1. The highest BCUT2D eigenvalue weighted by molar-refractivity contribution is 14.1. The van der Waals surface area contributed by atoms with Crippen LogP contribution in [0.4, 0.5) is 0 Å². The third kappa shape index (κ3) is 7.34. The van der Waals surface area contributed by atoms with Crippen LogP contribution >= 0.6 is 34.2 Å². The van der Waals surface area contributed by atoms with E-state index in [2.05, 4.69) is 42.5 Å². The van der Waals surface area contributed by atoms with Crippen molar-refractivity contribution < 1.29 is 14.2 Å². The second kappa shape index (κ2) is 14.5. The molecule has 0 saturated carbocycles. The predicted molar refractivity (Wildman–Crippen MR) is 191 cm³/mol. The molecule has 4 aromatic carbocycles. The molecule has 0 aliphatic rings. The topological polar surface area (TPSA) is 74.9 Å². The number of para-hydroxylation sites is 1. The number of benzene rings is 4. The number of fused-ring (bicyclic) bond motifs is 1. The highest BCUT2D eigenvalue weighted by Crippen LogP contribution is 2.36. The molecule has 0 N–H and O–H groups in total. The molecule has 0 fully saturated rings. The van der Waals surface area contributed by atoms with Gasteiger partial charge in [0.15, 0.2) is 17.3 Å². The van der Waals surface area contributed by atoms with Gasteiger partial charge in [0.05, 0.1) is 33.9 Å². The summed E-state index contributed by atoms with van der Waals surface area (Å²) in [5, 5.41) is 5.89. The van der Waals surface area contributed by atoms with Crippen molar-refractivity contribution >= 4 is 51.3 Å². The first-order chi connectivity index (χ1) is 21.7. The monoisotopic (exact) mass is 735 g/mol. The summed E-state index contributed by atoms with van der Waals surface area (Å²) in [6.45, 7) is 11.5. The Morgan fingerprint density at radius 1 is 0.956 bits per heavy atom. The van der Waals surface area contributed by atoms with Gasteiger partial charge in [-0.2, -0.15) is 9.78 Å². The molecule has 0 radical (unpaired) electrons. The number of hydrogen-bond donors (Lipinski definition) is 0. The molecule has 0 unspecified atom stereocenters. The van der Waals surface area contributed by atoms with Crippen LogP contribution in [0.5, 0.6) is 17.2 Å². The first-order valence-electron chi connectivity index (χ1n) is 14.9. The van der Waals surface area contributed by atoms with Crippen LogP contribution in [0.25, 0.3) is 22.3 Å². The van der Waals surface area contributed by atoms with Crippen molar-refractivity contribution in [3.05, 3.63) is 114 Å². The molecule has 0 atom stereocenters. The highest BCUT2D eigenvalue weighted by Gasteiger charge is 2.19. The van der Waals surface area contributed by atoms with Crippen molar-refractivity contribution in [2.75, 3.05) is 13.2 Å². The first kappa shape index (κ1) is 32.5. The van der Waals surface area contributed by atoms with Gasteiger partial charge < -0.3 is 14.2 Å². The normalized spacial score (nSPS) is 11.5. The molecule has 5 rings (SSSR count). The number of nitrogens with zero attached hydrogens (tertiary/aromatic N) is 3. The molecule has 1 heterocycles. The Morgan fingerprint density at radius 2 is 1.67 bits per heavy atom. The average molecular weight is 736 g/mol. The Hall–Kier alpha value is -3.89. The van der Waals surface area contributed by atoms with Crippen molar-refractivity contribution in [3.63, 3.8) is 0 Å². The Labute approximate surface area is 282 Å². The molecule has 0 spiro atoms. The molecule has 9 heteroatoms. The number of hydrogen-bond acceptors (Lipinski definition) is 6. The maximum Gasteiger partial charge on any atom is 0.282 e. The van der Waals surface area contributed by atoms with Gasteiger partial charge in [0.25, 0.3) is 5.56 Å². The van der Waals surface area contributed by atoms with Gasteiger partial charge in [0.2, 0.25) is 0 Å². The van der Waals surface area contributed by atoms with Crippen LogP contribution in [0.3, 0.4) is 0 Å². The summed E-state index contributed by atoms with van der Waals surface area (Å²) in [4.78, 5) is 18.9. The molecule has 7 nitrogen and oxygen atoms in total. The summed E-state index contributed by atoms with van der Waals surface area (Å²) in [5.74, 6) is 2.73. The second-order valence-corrected chi connectivity index (χ2v) is 12.4. The summed E-state index contributed by atoms with van der Waals surface area (Å²) in [6, 6.07) is 22.8. The molecular formula is C36H35ClIN3O4. The summed E-state index contributed by atoms with van der Waals surface area (Å²) in [7, 11) is 0. The smallest absolute Gasteiger partial charge is 0.282 e. The number of aryl methyl sites for hydroxylation is 1. The number of rotatable bonds is 11. The predicted octanol–water partition coefficient (Wildman–Crippen LogP) is 9.01. The molecule has 0 aliphatic heterocycles. The van der Waals surface area contributed by atoms with Gasteiger partial charge in [-0.1, -0.05) is 49.7 Å². The summed E-state index contributed by atoms with van der Waals surface area (Å²) in [6.07, 6.45) is 1.66. The van der Waals surface area contributed by atoms with Crippen molar-refractivity contribution in [1.29, 1.82) is 0 Å². The molecule has 45 heavy (non-hydrogen) atoms. The van der Waals surface area contributed by atoms with E-state index in [0.29, 0.717) is 53.1 Å². The minimum atomic E-state index is -0.256. The van der Waals surface area contributed by atoms with Crippen LogP contribution in [-0.4, -0.2) is 29.1 Å². The van der Waals surface area contributed by atoms with E-state index in [1.807, 2.05) is 81.4 Å². The molecule has 0 amide bonds. The Bertz CT molecular complexity index is 1920. The number of halogens is 2. The molecular weight excluding hydrogens is 701 g/mol. The average Bonchev–Trinajstić information content (AvgIpc) is 3.01. The minimum Gasteiger partial charge on any atom is -0.494 e. The Balaban J connectivity index is 1.59. The second-order valence-electron chi connectivity index (χ2n) is 10.8. The van der Waals surface area contributed by atoms with E-state index >= 15 is 0 Å². The summed E-state index contributed by atoms with van der Waals surface area (Å²) < 4.78 is 20.3.